The average Bonchev–Trinajstić information content (AvgIpc) is 3.56. The van der Waals surface area contributed by atoms with Crippen molar-refractivity contribution >= 4 is 15.7 Å². The number of amides is 1. The van der Waals surface area contributed by atoms with Crippen LogP contribution in [0.15, 0.2) is 71.6 Å². The summed E-state index contributed by atoms with van der Waals surface area (Å²) in [5.41, 5.74) is -8.07. The Morgan fingerprint density at radius 1 is 0.885 bits per heavy atom. The Morgan fingerprint density at radius 3 is 1.96 bits per heavy atom. The topological polar surface area (TPSA) is 99.2 Å². The first-order valence-corrected chi connectivity index (χ1v) is 17.5. The summed E-state index contributed by atoms with van der Waals surface area (Å²) in [6.45, 7) is -1.82. The number of nitrogens with one attached hydrogen (secondary N) is 1. The first kappa shape index (κ1) is 39.5. The molecule has 18 heteroatoms. The summed E-state index contributed by atoms with van der Waals surface area (Å²) in [4.78, 5) is 14.7. The molecule has 2 atom stereocenters. The molecule has 0 radical (unpaired) electrons. The van der Waals surface area contributed by atoms with Gasteiger partial charge in [-0.2, -0.15) is 26.3 Å². The Morgan fingerprint density at radius 2 is 1.44 bits per heavy atom. The second kappa shape index (κ2) is 14.6. The zero-order valence-corrected chi connectivity index (χ0v) is 28.3. The summed E-state index contributed by atoms with van der Waals surface area (Å²) in [5.74, 6) is -4.13. The Balaban J connectivity index is 1.54. The third-order valence-electron chi connectivity index (χ3n) is 9.81. The standard InChI is InChI=1S/C34H34F9N3O5S/c1-44-29(47)21-13-16-45(17-14-21)30(48)46-18-15-31(20-46,52(49,50)25-11-9-24(35)10-12-25)22-5-7-23(8-6-22)32(33(38,39)40,34(41,42)43)51-19-26-27(36)3-2-4-28(26)37/h2-12,21,30,48H,13-20H2,1H3,(H,44,47). The van der Waals surface area contributed by atoms with Crippen LogP contribution in [0.5, 0.6) is 0 Å². The van der Waals surface area contributed by atoms with Gasteiger partial charge in [0.2, 0.25) is 5.91 Å². The summed E-state index contributed by atoms with van der Waals surface area (Å²) in [5, 5.41) is 13.9. The smallest absolute Gasteiger partial charge is 0.365 e. The highest BCUT2D eigenvalue weighted by atomic mass is 32.2. The van der Waals surface area contributed by atoms with Crippen molar-refractivity contribution in [3.05, 3.63) is 101 Å². The first-order chi connectivity index (χ1) is 24.3. The third kappa shape index (κ3) is 7.02. The van der Waals surface area contributed by atoms with Gasteiger partial charge in [0.25, 0.3) is 5.60 Å². The minimum absolute atomic E-state index is 0.0922. The third-order valence-corrected chi connectivity index (χ3v) is 12.3. The summed E-state index contributed by atoms with van der Waals surface area (Å²) in [6, 6.07) is 8.12. The maximum Gasteiger partial charge on any atom is 0.430 e. The molecule has 5 rings (SSSR count). The minimum atomic E-state index is -6.23. The molecular weight excluding hydrogens is 733 g/mol. The van der Waals surface area contributed by atoms with Gasteiger partial charge in [-0.1, -0.05) is 30.3 Å². The number of hydrogen-bond donors (Lipinski definition) is 2. The van der Waals surface area contributed by atoms with Gasteiger partial charge < -0.3 is 15.2 Å². The summed E-state index contributed by atoms with van der Waals surface area (Å²) >= 11 is 0. The average molecular weight is 768 g/mol. The molecule has 0 bridgehead atoms. The highest BCUT2D eigenvalue weighted by Crippen LogP contribution is 2.54. The van der Waals surface area contributed by atoms with E-state index >= 15 is 0 Å². The van der Waals surface area contributed by atoms with Crippen LogP contribution in [0.3, 0.4) is 0 Å². The van der Waals surface area contributed by atoms with Gasteiger partial charge >= 0.3 is 12.4 Å². The Labute approximate surface area is 293 Å². The Hall–Kier alpha value is -3.71. The van der Waals surface area contributed by atoms with E-state index < -0.39 is 85.5 Å². The largest absolute Gasteiger partial charge is 0.430 e. The molecule has 2 heterocycles. The number of sulfone groups is 1. The number of benzene rings is 3. The van der Waals surface area contributed by atoms with E-state index in [9.17, 15) is 57.8 Å². The molecule has 0 aromatic heterocycles. The number of rotatable bonds is 10. The fraction of sp³-hybridized carbons (Fsp3) is 0.441. The molecule has 2 aliphatic rings. The summed E-state index contributed by atoms with van der Waals surface area (Å²) in [7, 11) is -3.11. The molecule has 0 aliphatic carbocycles. The molecule has 284 valence electrons. The molecule has 0 saturated carbocycles. The number of halogens is 9. The zero-order chi connectivity index (χ0) is 38.3. The number of nitrogens with zero attached hydrogens (tertiary/aromatic N) is 2. The highest BCUT2D eigenvalue weighted by Gasteiger charge is 2.73. The highest BCUT2D eigenvalue weighted by molar-refractivity contribution is 7.92. The molecule has 0 spiro atoms. The van der Waals surface area contributed by atoms with Crippen LogP contribution in [0.4, 0.5) is 39.5 Å². The number of likely N-dealkylation sites (tertiary alicyclic amines) is 2. The predicted molar refractivity (Wildman–Crippen MR) is 167 cm³/mol. The molecule has 52 heavy (non-hydrogen) atoms. The molecule has 2 unspecified atom stereocenters. The SMILES string of the molecule is CNC(=O)C1CCN(C(O)N2CCC(c3ccc(C(OCc4c(F)cccc4F)(C(F)(F)F)C(F)(F)F)cc3)(S(=O)(=O)c3ccc(F)cc3)C2)CC1. The quantitative estimate of drug-likeness (QED) is 0.201. The van der Waals surface area contributed by atoms with E-state index in [0.29, 0.717) is 37.1 Å². The number of hydrogen-bond acceptors (Lipinski definition) is 7. The van der Waals surface area contributed by atoms with Gasteiger partial charge in [-0.25, -0.2) is 21.6 Å². The van der Waals surface area contributed by atoms with E-state index in [1.165, 1.54) is 11.9 Å². The lowest BCUT2D eigenvalue weighted by molar-refractivity contribution is -0.392. The predicted octanol–water partition coefficient (Wildman–Crippen LogP) is 5.75. The zero-order valence-electron chi connectivity index (χ0n) is 27.4. The van der Waals surface area contributed by atoms with Gasteiger partial charge in [0.15, 0.2) is 16.2 Å². The molecule has 2 fully saturated rings. The van der Waals surface area contributed by atoms with E-state index in [1.54, 1.807) is 4.90 Å². The molecule has 2 saturated heterocycles. The van der Waals surface area contributed by atoms with Crippen molar-refractivity contribution in [2.45, 2.75) is 59.8 Å². The fourth-order valence-corrected chi connectivity index (χ4v) is 8.97. The number of carbonyl (C=O) groups excluding carboxylic acids is 1. The normalized spacial score (nSPS) is 20.6. The van der Waals surface area contributed by atoms with Gasteiger partial charge in [-0.3, -0.25) is 14.6 Å². The van der Waals surface area contributed by atoms with E-state index in [-0.39, 0.29) is 43.4 Å². The van der Waals surface area contributed by atoms with Crippen LogP contribution in [0, 0.1) is 23.4 Å². The van der Waals surface area contributed by atoms with Crippen LogP contribution in [0.25, 0.3) is 0 Å². The maximum atomic E-state index is 14.6. The number of alkyl halides is 6. The van der Waals surface area contributed by atoms with Crippen molar-refractivity contribution in [1.29, 1.82) is 0 Å². The number of aliphatic hydroxyl groups is 1. The monoisotopic (exact) mass is 767 g/mol. The van der Waals surface area contributed by atoms with E-state index in [4.69, 9.17) is 0 Å². The number of carbonyl (C=O) groups is 1. The number of aliphatic hydroxyl groups excluding tert-OH is 1. The lowest BCUT2D eigenvalue weighted by Crippen LogP contribution is -2.56. The van der Waals surface area contributed by atoms with Gasteiger partial charge in [-0.15, -0.1) is 0 Å². The molecule has 8 nitrogen and oxygen atoms in total. The van der Waals surface area contributed by atoms with Crippen molar-refractivity contribution in [3.63, 3.8) is 0 Å². The van der Waals surface area contributed by atoms with Crippen LogP contribution in [0.1, 0.15) is 36.0 Å². The maximum absolute atomic E-state index is 14.6. The van der Waals surface area contributed by atoms with Crippen molar-refractivity contribution in [2.75, 3.05) is 33.2 Å². The van der Waals surface area contributed by atoms with Crippen LogP contribution < -0.4 is 5.32 Å². The lowest BCUT2D eigenvalue weighted by atomic mass is 9.88. The van der Waals surface area contributed by atoms with Crippen LogP contribution in [-0.4, -0.2) is 81.2 Å². The summed E-state index contributed by atoms with van der Waals surface area (Å²) in [6.07, 6.45) is -13.3. The molecule has 1 amide bonds. The van der Waals surface area contributed by atoms with Gasteiger partial charge in [0.05, 0.1) is 11.5 Å². The fourth-order valence-electron chi connectivity index (χ4n) is 6.88. The lowest BCUT2D eigenvalue weighted by Gasteiger charge is -2.39. The van der Waals surface area contributed by atoms with Crippen molar-refractivity contribution in [1.82, 2.24) is 15.1 Å². The minimum Gasteiger partial charge on any atom is -0.365 e. The molecule has 2 N–H and O–H groups in total. The second-order valence-corrected chi connectivity index (χ2v) is 14.9. The van der Waals surface area contributed by atoms with Crippen molar-refractivity contribution < 1.29 is 62.6 Å². The molecule has 3 aromatic rings. The van der Waals surface area contributed by atoms with Gasteiger partial charge in [0, 0.05) is 50.3 Å². The second-order valence-electron chi connectivity index (χ2n) is 12.7. The van der Waals surface area contributed by atoms with Gasteiger partial charge in [0.1, 0.15) is 22.2 Å². The Bertz CT molecular complexity index is 1820. The molecule has 3 aromatic carbocycles. The van der Waals surface area contributed by atoms with Gasteiger partial charge in [-0.05, 0) is 61.2 Å². The van der Waals surface area contributed by atoms with E-state index in [1.807, 2.05) is 0 Å². The summed E-state index contributed by atoms with van der Waals surface area (Å²) < 4.78 is 161. The van der Waals surface area contributed by atoms with E-state index in [2.05, 4.69) is 10.1 Å². The molecule has 2 aliphatic heterocycles. The van der Waals surface area contributed by atoms with E-state index in [0.717, 1.165) is 42.5 Å². The van der Waals surface area contributed by atoms with Crippen molar-refractivity contribution in [2.24, 2.45) is 5.92 Å². The van der Waals surface area contributed by atoms with Crippen molar-refractivity contribution in [3.8, 4) is 0 Å². The molecular formula is C34H34F9N3O5S. The van der Waals surface area contributed by atoms with Crippen LogP contribution in [0.2, 0.25) is 0 Å². The number of piperidine rings is 1. The van der Waals surface area contributed by atoms with Crippen LogP contribution in [-0.2, 0) is 36.3 Å². The van der Waals surface area contributed by atoms with Crippen LogP contribution >= 0.6 is 0 Å². The number of ether oxygens (including phenoxy) is 1. The Kier molecular flexibility index (Phi) is 11.1. The first-order valence-electron chi connectivity index (χ1n) is 16.0.